The molecule has 1 fully saturated rings. The molecule has 3 aromatic rings. The Labute approximate surface area is 186 Å². The molecule has 1 amide bonds. The quantitative estimate of drug-likeness (QED) is 0.558. The Bertz CT molecular complexity index is 1180. The number of para-hydroxylation sites is 1. The van der Waals surface area contributed by atoms with Gasteiger partial charge < -0.3 is 9.64 Å². The minimum absolute atomic E-state index is 0.0557. The number of nitrogens with zero attached hydrogens (tertiary/aromatic N) is 2. The lowest BCUT2D eigenvalue weighted by molar-refractivity contribution is -0.132. The Morgan fingerprint density at radius 1 is 1.16 bits per heavy atom. The minimum atomic E-state index is -3.22. The van der Waals surface area contributed by atoms with Crippen molar-refractivity contribution in [2.45, 2.75) is 44.1 Å². The molecule has 2 aromatic carbocycles. The van der Waals surface area contributed by atoms with Gasteiger partial charge in [0.25, 0.3) is 5.19 Å². The van der Waals surface area contributed by atoms with Crippen molar-refractivity contribution in [3.63, 3.8) is 0 Å². The van der Waals surface area contributed by atoms with Gasteiger partial charge in [-0.3, -0.25) is 4.79 Å². The predicted molar refractivity (Wildman–Crippen MR) is 122 cm³/mol. The number of ether oxygens (including phenoxy) is 1. The Kier molecular flexibility index (Phi) is 6.29. The van der Waals surface area contributed by atoms with Gasteiger partial charge in [-0.1, -0.05) is 42.5 Å². The SMILES string of the molecule is CCS(=O)(=O)c1ccc(CC(=O)N2CCC(Oc3nc4c(C)cccc4s3)CC2)cc1. The summed E-state index contributed by atoms with van der Waals surface area (Å²) in [6, 6.07) is 12.8. The van der Waals surface area contributed by atoms with Crippen LogP contribution >= 0.6 is 11.3 Å². The normalized spacial score (nSPS) is 15.4. The van der Waals surface area contributed by atoms with Crippen LogP contribution in [0.2, 0.25) is 0 Å². The highest BCUT2D eigenvalue weighted by Gasteiger charge is 2.25. The molecular weight excluding hydrogens is 432 g/mol. The van der Waals surface area contributed by atoms with Crippen LogP contribution in [0, 0.1) is 6.92 Å². The highest BCUT2D eigenvalue weighted by atomic mass is 32.2. The molecule has 0 saturated carbocycles. The Morgan fingerprint density at radius 2 is 1.87 bits per heavy atom. The van der Waals surface area contributed by atoms with Gasteiger partial charge in [0.2, 0.25) is 5.91 Å². The van der Waals surface area contributed by atoms with Crippen molar-refractivity contribution < 1.29 is 17.9 Å². The summed E-state index contributed by atoms with van der Waals surface area (Å²) in [5.74, 6) is 0.124. The lowest BCUT2D eigenvalue weighted by Crippen LogP contribution is -2.42. The first-order chi connectivity index (χ1) is 14.9. The fourth-order valence-corrected chi connectivity index (χ4v) is 5.59. The van der Waals surface area contributed by atoms with E-state index >= 15 is 0 Å². The molecule has 1 aliphatic rings. The number of carbonyl (C=O) groups is 1. The molecule has 4 rings (SSSR count). The second-order valence-corrected chi connectivity index (χ2v) is 11.1. The van der Waals surface area contributed by atoms with Crippen LogP contribution in [0.25, 0.3) is 10.2 Å². The maximum atomic E-state index is 12.7. The number of hydrogen-bond acceptors (Lipinski definition) is 6. The van der Waals surface area contributed by atoms with Crippen LogP contribution < -0.4 is 4.74 Å². The predicted octanol–water partition coefficient (Wildman–Crippen LogP) is 4.01. The number of carbonyl (C=O) groups excluding carboxylic acids is 1. The van der Waals surface area contributed by atoms with Gasteiger partial charge >= 0.3 is 0 Å². The molecule has 1 aromatic heterocycles. The van der Waals surface area contributed by atoms with Gasteiger partial charge in [0.05, 0.1) is 27.3 Å². The second kappa shape index (κ2) is 8.96. The molecule has 1 aliphatic heterocycles. The zero-order valence-corrected chi connectivity index (χ0v) is 19.3. The van der Waals surface area contributed by atoms with E-state index in [1.165, 1.54) is 0 Å². The minimum Gasteiger partial charge on any atom is -0.467 e. The molecule has 0 atom stereocenters. The molecule has 0 spiro atoms. The number of hydrogen-bond donors (Lipinski definition) is 0. The molecule has 164 valence electrons. The first kappa shape index (κ1) is 21.8. The van der Waals surface area contributed by atoms with Crippen molar-refractivity contribution in [1.29, 1.82) is 0 Å². The molecule has 0 N–H and O–H groups in total. The number of fused-ring (bicyclic) bond motifs is 1. The molecule has 0 unspecified atom stereocenters. The Morgan fingerprint density at radius 3 is 2.52 bits per heavy atom. The number of piperidine rings is 1. The lowest BCUT2D eigenvalue weighted by atomic mass is 10.1. The number of aromatic nitrogens is 1. The number of likely N-dealkylation sites (tertiary alicyclic amines) is 1. The maximum Gasteiger partial charge on any atom is 0.274 e. The van der Waals surface area contributed by atoms with E-state index < -0.39 is 9.84 Å². The largest absolute Gasteiger partial charge is 0.467 e. The van der Waals surface area contributed by atoms with Gasteiger partial charge in [0, 0.05) is 25.9 Å². The van der Waals surface area contributed by atoms with Gasteiger partial charge in [-0.15, -0.1) is 0 Å². The average molecular weight is 459 g/mol. The third kappa shape index (κ3) is 4.91. The topological polar surface area (TPSA) is 76.6 Å². The zero-order chi connectivity index (χ0) is 22.0. The summed E-state index contributed by atoms with van der Waals surface area (Å²) in [6.45, 7) is 4.97. The lowest BCUT2D eigenvalue weighted by Gasteiger charge is -2.31. The van der Waals surface area contributed by atoms with Crippen LogP contribution in [0.15, 0.2) is 47.4 Å². The molecule has 0 radical (unpaired) electrons. The van der Waals surface area contributed by atoms with Gasteiger partial charge in [0.15, 0.2) is 9.84 Å². The number of sulfone groups is 1. The number of benzene rings is 2. The smallest absolute Gasteiger partial charge is 0.274 e. The highest BCUT2D eigenvalue weighted by Crippen LogP contribution is 2.31. The van der Waals surface area contributed by atoms with E-state index in [1.54, 1.807) is 42.5 Å². The zero-order valence-electron chi connectivity index (χ0n) is 17.7. The van der Waals surface area contributed by atoms with Crippen molar-refractivity contribution in [1.82, 2.24) is 9.88 Å². The summed E-state index contributed by atoms with van der Waals surface area (Å²) < 4.78 is 31.1. The first-order valence-electron chi connectivity index (χ1n) is 10.5. The van der Waals surface area contributed by atoms with E-state index in [2.05, 4.69) is 11.1 Å². The van der Waals surface area contributed by atoms with E-state index in [0.717, 1.165) is 34.2 Å². The summed E-state index contributed by atoms with van der Waals surface area (Å²) in [4.78, 5) is 19.5. The molecule has 6 nitrogen and oxygen atoms in total. The van der Waals surface area contributed by atoms with Crippen LogP contribution in [0.1, 0.15) is 30.9 Å². The molecule has 2 heterocycles. The van der Waals surface area contributed by atoms with Crippen molar-refractivity contribution in [3.8, 4) is 5.19 Å². The molecule has 31 heavy (non-hydrogen) atoms. The molecule has 0 bridgehead atoms. The molecule has 8 heteroatoms. The summed E-state index contributed by atoms with van der Waals surface area (Å²) in [5.41, 5.74) is 2.96. The molecule has 1 saturated heterocycles. The third-order valence-corrected chi connectivity index (χ3v) is 8.34. The standard InChI is InChI=1S/C23H26N2O4S2/c1-3-31(27,28)19-9-7-17(8-10-19)15-21(26)25-13-11-18(12-14-25)29-23-24-22-16(2)5-4-6-20(22)30-23/h4-10,18H,3,11-15H2,1-2H3. The number of rotatable bonds is 6. The van der Waals surface area contributed by atoms with E-state index in [1.807, 2.05) is 24.0 Å². The first-order valence-corrected chi connectivity index (χ1v) is 12.9. The Hall–Kier alpha value is -2.45. The van der Waals surface area contributed by atoms with Gasteiger partial charge in [0.1, 0.15) is 6.10 Å². The number of thiazole rings is 1. The van der Waals surface area contributed by atoms with Gasteiger partial charge in [-0.05, 0) is 36.2 Å². The van der Waals surface area contributed by atoms with Crippen LogP contribution in [-0.4, -0.2) is 49.2 Å². The molecule has 0 aliphatic carbocycles. The van der Waals surface area contributed by atoms with Crippen molar-refractivity contribution in [2.75, 3.05) is 18.8 Å². The van der Waals surface area contributed by atoms with E-state index in [9.17, 15) is 13.2 Å². The average Bonchev–Trinajstić information content (AvgIpc) is 3.18. The van der Waals surface area contributed by atoms with Gasteiger partial charge in [-0.2, -0.15) is 0 Å². The molecular formula is C23H26N2O4S2. The summed E-state index contributed by atoms with van der Waals surface area (Å²) in [7, 11) is -3.22. The third-order valence-electron chi connectivity index (χ3n) is 5.68. The fraction of sp³-hybridized carbons (Fsp3) is 0.391. The summed E-state index contributed by atoms with van der Waals surface area (Å²) in [5, 5.41) is 0.691. The van der Waals surface area contributed by atoms with Crippen LogP contribution in [0.5, 0.6) is 5.19 Å². The van der Waals surface area contributed by atoms with Crippen molar-refractivity contribution in [2.24, 2.45) is 0 Å². The number of amides is 1. The van der Waals surface area contributed by atoms with Crippen LogP contribution in [0.4, 0.5) is 0 Å². The van der Waals surface area contributed by atoms with Crippen molar-refractivity contribution >= 4 is 37.3 Å². The van der Waals surface area contributed by atoms with Crippen molar-refractivity contribution in [3.05, 3.63) is 53.6 Å². The van der Waals surface area contributed by atoms with E-state index in [4.69, 9.17) is 4.74 Å². The second-order valence-electron chi connectivity index (χ2n) is 7.82. The Balaban J connectivity index is 1.31. The monoisotopic (exact) mass is 458 g/mol. The van der Waals surface area contributed by atoms with Gasteiger partial charge in [-0.25, -0.2) is 13.4 Å². The fourth-order valence-electron chi connectivity index (χ4n) is 3.75. The van der Waals surface area contributed by atoms with Crippen LogP contribution in [-0.2, 0) is 21.1 Å². The van der Waals surface area contributed by atoms with E-state index in [0.29, 0.717) is 23.2 Å². The highest BCUT2D eigenvalue weighted by molar-refractivity contribution is 7.91. The summed E-state index contributed by atoms with van der Waals surface area (Å²) in [6.07, 6.45) is 1.88. The van der Waals surface area contributed by atoms with E-state index in [-0.39, 0.29) is 24.2 Å². The van der Waals surface area contributed by atoms with Crippen LogP contribution in [0.3, 0.4) is 0 Å². The maximum absolute atomic E-state index is 12.7. The summed E-state index contributed by atoms with van der Waals surface area (Å²) >= 11 is 1.56. The number of aryl methyl sites for hydroxylation is 1.